The van der Waals surface area contributed by atoms with Crippen LogP contribution < -0.4 is 10.6 Å². The number of thiazole rings is 1. The van der Waals surface area contributed by atoms with Gasteiger partial charge in [-0.3, -0.25) is 9.78 Å². The molecule has 0 radical (unpaired) electrons. The highest BCUT2D eigenvalue weighted by Crippen LogP contribution is 2.25. The second-order valence-electron chi connectivity index (χ2n) is 4.88. The summed E-state index contributed by atoms with van der Waals surface area (Å²) in [6.07, 6.45) is 2.83. The maximum absolute atomic E-state index is 12.1. The Balaban J connectivity index is 1.62. The molecule has 110 valence electrons. The average molecular weight is 414 g/mol. The molecule has 3 rings (SSSR count). The van der Waals surface area contributed by atoms with Crippen LogP contribution in [0.5, 0.6) is 0 Å². The molecule has 0 aliphatic carbocycles. The van der Waals surface area contributed by atoms with E-state index in [1.165, 1.54) is 0 Å². The molecule has 0 saturated carbocycles. The first kappa shape index (κ1) is 14.9. The van der Waals surface area contributed by atoms with Crippen LogP contribution in [0, 0.1) is 3.57 Å². The molecule has 1 saturated heterocycles. The van der Waals surface area contributed by atoms with Gasteiger partial charge in [0.05, 0.1) is 17.2 Å². The van der Waals surface area contributed by atoms with Crippen LogP contribution in [0.15, 0.2) is 23.7 Å². The standard InChI is InChI=1S/C14H15IN4OS/c15-10-2-1-4-17-11(10)7-18-13(20)12-8-21-14(19-12)9-3-5-16-6-9/h1-2,4,8-9,16H,3,5-7H2,(H,18,20). The second-order valence-corrected chi connectivity index (χ2v) is 6.93. The summed E-state index contributed by atoms with van der Waals surface area (Å²) in [5.41, 5.74) is 1.38. The fraction of sp³-hybridized carbons (Fsp3) is 0.357. The van der Waals surface area contributed by atoms with Crippen molar-refractivity contribution in [2.75, 3.05) is 13.1 Å². The number of rotatable bonds is 4. The van der Waals surface area contributed by atoms with E-state index >= 15 is 0 Å². The molecular weight excluding hydrogens is 399 g/mol. The second kappa shape index (κ2) is 6.80. The summed E-state index contributed by atoms with van der Waals surface area (Å²) < 4.78 is 1.05. The highest BCUT2D eigenvalue weighted by Gasteiger charge is 2.21. The van der Waals surface area contributed by atoms with Crippen LogP contribution in [-0.4, -0.2) is 29.0 Å². The first-order valence-electron chi connectivity index (χ1n) is 6.78. The first-order chi connectivity index (χ1) is 10.2. The van der Waals surface area contributed by atoms with Crippen molar-refractivity contribution in [3.05, 3.63) is 43.7 Å². The fourth-order valence-electron chi connectivity index (χ4n) is 2.25. The van der Waals surface area contributed by atoms with Gasteiger partial charge in [0.1, 0.15) is 5.69 Å². The number of pyridine rings is 1. The van der Waals surface area contributed by atoms with Crippen LogP contribution in [0.1, 0.15) is 33.5 Å². The van der Waals surface area contributed by atoms with E-state index < -0.39 is 0 Å². The van der Waals surface area contributed by atoms with E-state index in [1.807, 2.05) is 17.5 Å². The molecule has 5 nitrogen and oxygen atoms in total. The quantitative estimate of drug-likeness (QED) is 0.753. The zero-order chi connectivity index (χ0) is 14.7. The number of carbonyl (C=O) groups excluding carboxylic acids is 1. The zero-order valence-electron chi connectivity index (χ0n) is 11.3. The smallest absolute Gasteiger partial charge is 0.271 e. The Bertz CT molecular complexity index is 639. The molecule has 1 atom stereocenters. The number of amides is 1. The topological polar surface area (TPSA) is 66.9 Å². The predicted molar refractivity (Wildman–Crippen MR) is 90.5 cm³/mol. The lowest BCUT2D eigenvalue weighted by Gasteiger charge is -2.05. The molecule has 0 aromatic carbocycles. The van der Waals surface area contributed by atoms with Gasteiger partial charge in [-0.25, -0.2) is 4.98 Å². The summed E-state index contributed by atoms with van der Waals surface area (Å²) in [5, 5.41) is 9.09. The maximum atomic E-state index is 12.1. The number of nitrogens with one attached hydrogen (secondary N) is 2. The molecule has 21 heavy (non-hydrogen) atoms. The Labute approximate surface area is 140 Å². The van der Waals surface area contributed by atoms with E-state index in [9.17, 15) is 4.79 Å². The molecule has 2 aromatic heterocycles. The van der Waals surface area contributed by atoms with Gasteiger partial charge in [0, 0.05) is 27.6 Å². The molecule has 1 aliphatic rings. The van der Waals surface area contributed by atoms with E-state index in [0.29, 0.717) is 18.2 Å². The third kappa shape index (κ3) is 3.58. The molecule has 3 heterocycles. The number of carbonyl (C=O) groups is 1. The maximum Gasteiger partial charge on any atom is 0.271 e. The van der Waals surface area contributed by atoms with Gasteiger partial charge in [-0.15, -0.1) is 11.3 Å². The minimum atomic E-state index is -0.134. The summed E-state index contributed by atoms with van der Waals surface area (Å²) in [5.74, 6) is 0.318. The predicted octanol–water partition coefficient (Wildman–Crippen LogP) is 2.15. The summed E-state index contributed by atoms with van der Waals surface area (Å²) in [7, 11) is 0. The van der Waals surface area contributed by atoms with Gasteiger partial charge in [-0.05, 0) is 47.7 Å². The number of nitrogens with zero attached hydrogens (tertiary/aromatic N) is 2. The molecule has 2 aromatic rings. The lowest BCUT2D eigenvalue weighted by Crippen LogP contribution is -2.24. The number of hydrogen-bond acceptors (Lipinski definition) is 5. The van der Waals surface area contributed by atoms with Crippen molar-refractivity contribution >= 4 is 39.8 Å². The molecule has 1 unspecified atom stereocenters. The van der Waals surface area contributed by atoms with E-state index in [2.05, 4.69) is 43.2 Å². The third-order valence-corrected chi connectivity index (χ3v) is 5.40. The van der Waals surface area contributed by atoms with E-state index in [0.717, 1.165) is 33.8 Å². The van der Waals surface area contributed by atoms with Crippen LogP contribution in [0.2, 0.25) is 0 Å². The van der Waals surface area contributed by atoms with Crippen molar-refractivity contribution in [2.24, 2.45) is 0 Å². The van der Waals surface area contributed by atoms with Crippen molar-refractivity contribution in [3.8, 4) is 0 Å². The third-order valence-electron chi connectivity index (χ3n) is 3.42. The Morgan fingerprint density at radius 2 is 2.48 bits per heavy atom. The molecule has 2 N–H and O–H groups in total. The van der Waals surface area contributed by atoms with E-state index in [1.54, 1.807) is 17.5 Å². The van der Waals surface area contributed by atoms with Crippen molar-refractivity contribution in [1.29, 1.82) is 0 Å². The Kier molecular flexibility index (Phi) is 4.81. The SMILES string of the molecule is O=C(NCc1ncccc1I)c1csc(C2CCNC2)n1. The van der Waals surface area contributed by atoms with Crippen LogP contribution in [0.3, 0.4) is 0 Å². The van der Waals surface area contributed by atoms with E-state index in [-0.39, 0.29) is 5.91 Å². The first-order valence-corrected chi connectivity index (χ1v) is 8.73. The molecule has 7 heteroatoms. The van der Waals surface area contributed by atoms with Crippen molar-refractivity contribution in [2.45, 2.75) is 18.9 Å². The van der Waals surface area contributed by atoms with Crippen LogP contribution in [0.4, 0.5) is 0 Å². The summed E-state index contributed by atoms with van der Waals surface area (Å²) in [6, 6.07) is 3.86. The summed E-state index contributed by atoms with van der Waals surface area (Å²) in [4.78, 5) is 20.9. The number of halogens is 1. The molecular formula is C14H15IN4OS. The van der Waals surface area contributed by atoms with Gasteiger partial charge in [0.15, 0.2) is 0 Å². The Morgan fingerprint density at radius 3 is 3.24 bits per heavy atom. The molecule has 0 bridgehead atoms. The summed E-state index contributed by atoms with van der Waals surface area (Å²) in [6.45, 7) is 2.42. The molecule has 1 fully saturated rings. The highest BCUT2D eigenvalue weighted by atomic mass is 127. The highest BCUT2D eigenvalue weighted by molar-refractivity contribution is 14.1. The lowest BCUT2D eigenvalue weighted by atomic mass is 10.1. The van der Waals surface area contributed by atoms with Crippen LogP contribution >= 0.6 is 33.9 Å². The minimum Gasteiger partial charge on any atom is -0.345 e. The van der Waals surface area contributed by atoms with Crippen molar-refractivity contribution < 1.29 is 4.79 Å². The van der Waals surface area contributed by atoms with Gasteiger partial charge in [-0.1, -0.05) is 0 Å². The van der Waals surface area contributed by atoms with Crippen molar-refractivity contribution in [3.63, 3.8) is 0 Å². The van der Waals surface area contributed by atoms with Gasteiger partial charge in [0.2, 0.25) is 0 Å². The monoisotopic (exact) mass is 414 g/mol. The minimum absolute atomic E-state index is 0.134. The normalized spacial score (nSPS) is 17.9. The summed E-state index contributed by atoms with van der Waals surface area (Å²) >= 11 is 3.79. The largest absolute Gasteiger partial charge is 0.345 e. The van der Waals surface area contributed by atoms with Crippen molar-refractivity contribution in [1.82, 2.24) is 20.6 Å². The van der Waals surface area contributed by atoms with Gasteiger partial charge in [-0.2, -0.15) is 0 Å². The number of hydrogen-bond donors (Lipinski definition) is 2. The molecule has 0 spiro atoms. The fourth-order valence-corrected chi connectivity index (χ4v) is 3.72. The Hall–Kier alpha value is -1.06. The van der Waals surface area contributed by atoms with Gasteiger partial charge < -0.3 is 10.6 Å². The zero-order valence-corrected chi connectivity index (χ0v) is 14.3. The van der Waals surface area contributed by atoms with Gasteiger partial charge >= 0.3 is 0 Å². The van der Waals surface area contributed by atoms with Gasteiger partial charge in [0.25, 0.3) is 5.91 Å². The number of aromatic nitrogens is 2. The van der Waals surface area contributed by atoms with E-state index in [4.69, 9.17) is 0 Å². The molecule has 1 amide bonds. The lowest BCUT2D eigenvalue weighted by molar-refractivity contribution is 0.0946. The Morgan fingerprint density at radius 1 is 1.57 bits per heavy atom. The average Bonchev–Trinajstić information content (AvgIpc) is 3.16. The molecule has 1 aliphatic heterocycles. The van der Waals surface area contributed by atoms with Crippen LogP contribution in [-0.2, 0) is 6.54 Å². The van der Waals surface area contributed by atoms with Crippen LogP contribution in [0.25, 0.3) is 0 Å².